The number of nitrogens with zero attached hydrogens (tertiary/aromatic N) is 1. The Bertz CT molecular complexity index is 744. The van der Waals surface area contributed by atoms with Gasteiger partial charge in [-0.05, 0) is 42.5 Å². The third kappa shape index (κ3) is 4.11. The molecule has 1 saturated carbocycles. The Morgan fingerprint density at radius 2 is 2.08 bits per heavy atom. The van der Waals surface area contributed by atoms with E-state index in [0.29, 0.717) is 12.2 Å². The van der Waals surface area contributed by atoms with Crippen molar-refractivity contribution in [1.29, 1.82) is 0 Å². The summed E-state index contributed by atoms with van der Waals surface area (Å²) >= 11 is 1.59. The lowest BCUT2D eigenvalue weighted by Crippen LogP contribution is -2.36. The fourth-order valence-corrected chi connectivity index (χ4v) is 3.12. The largest absolute Gasteiger partial charge is 0.326 e. The van der Waals surface area contributed by atoms with Gasteiger partial charge in [-0.25, -0.2) is 9.18 Å². The van der Waals surface area contributed by atoms with Crippen LogP contribution in [0.2, 0.25) is 0 Å². The van der Waals surface area contributed by atoms with E-state index in [-0.39, 0.29) is 23.7 Å². The summed E-state index contributed by atoms with van der Waals surface area (Å²) in [6.45, 7) is 1.89. The summed E-state index contributed by atoms with van der Waals surface area (Å²) < 4.78 is 14.0. The number of anilines is 2. The van der Waals surface area contributed by atoms with Crippen LogP contribution in [-0.4, -0.2) is 22.9 Å². The average Bonchev–Trinajstić information content (AvgIpc) is 3.23. The Morgan fingerprint density at radius 3 is 2.71 bits per heavy atom. The van der Waals surface area contributed by atoms with Crippen molar-refractivity contribution in [3.05, 3.63) is 46.4 Å². The zero-order valence-electron chi connectivity index (χ0n) is 13.2. The number of carbonyl (C=O) groups is 2. The third-order valence-corrected chi connectivity index (χ3v) is 4.54. The van der Waals surface area contributed by atoms with Gasteiger partial charge < -0.3 is 15.5 Å². The van der Waals surface area contributed by atoms with Gasteiger partial charge in [0.2, 0.25) is 5.91 Å². The maximum absolute atomic E-state index is 14.0. The molecule has 7 heteroatoms. The maximum Gasteiger partial charge on any atom is 0.322 e. The molecular formula is C17H18FN3O2S. The highest BCUT2D eigenvalue weighted by Gasteiger charge is 2.33. The average molecular weight is 347 g/mol. The van der Waals surface area contributed by atoms with E-state index >= 15 is 0 Å². The molecule has 1 aliphatic carbocycles. The fourth-order valence-electron chi connectivity index (χ4n) is 2.41. The highest BCUT2D eigenvalue weighted by Crippen LogP contribution is 2.30. The minimum Gasteiger partial charge on any atom is -0.326 e. The molecule has 1 fully saturated rings. The molecule has 0 unspecified atom stereocenters. The number of urea groups is 1. The zero-order valence-corrected chi connectivity index (χ0v) is 14.0. The van der Waals surface area contributed by atoms with E-state index in [1.807, 2.05) is 17.5 Å². The van der Waals surface area contributed by atoms with E-state index in [1.165, 1.54) is 25.1 Å². The van der Waals surface area contributed by atoms with Gasteiger partial charge in [-0.15, -0.1) is 11.3 Å². The summed E-state index contributed by atoms with van der Waals surface area (Å²) in [6, 6.07) is 7.90. The normalized spacial score (nSPS) is 13.4. The molecule has 0 spiro atoms. The number of carbonyl (C=O) groups excluding carboxylic acids is 2. The second kappa shape index (κ2) is 7.00. The van der Waals surface area contributed by atoms with E-state index in [9.17, 15) is 14.0 Å². The SMILES string of the molecule is CC(=O)Nc1ccc(F)c(NC(=O)N(Cc2cccs2)C2CC2)c1. The van der Waals surface area contributed by atoms with Crippen LogP contribution in [0.3, 0.4) is 0 Å². The highest BCUT2D eigenvalue weighted by atomic mass is 32.1. The number of thiophene rings is 1. The lowest BCUT2D eigenvalue weighted by atomic mass is 10.2. The van der Waals surface area contributed by atoms with Crippen molar-refractivity contribution >= 4 is 34.6 Å². The second-order valence-corrected chi connectivity index (χ2v) is 6.78. The molecule has 0 radical (unpaired) electrons. The zero-order chi connectivity index (χ0) is 17.1. The first-order chi connectivity index (χ1) is 11.5. The maximum atomic E-state index is 14.0. The van der Waals surface area contributed by atoms with Gasteiger partial charge in [0.1, 0.15) is 5.82 Å². The summed E-state index contributed by atoms with van der Waals surface area (Å²) in [5, 5.41) is 7.17. The number of halogens is 1. The van der Waals surface area contributed by atoms with Crippen LogP contribution in [0.25, 0.3) is 0 Å². The molecule has 126 valence electrons. The standard InChI is InChI=1S/C17H18FN3O2S/c1-11(22)19-12-4-7-15(18)16(9-12)20-17(23)21(13-5-6-13)10-14-3-2-8-24-14/h2-4,7-9,13H,5-6,10H2,1H3,(H,19,22)(H,20,23). The van der Waals surface area contributed by atoms with Crippen molar-refractivity contribution in [3.63, 3.8) is 0 Å². The van der Waals surface area contributed by atoms with Crippen molar-refractivity contribution in [1.82, 2.24) is 4.90 Å². The van der Waals surface area contributed by atoms with Crippen molar-refractivity contribution in [2.24, 2.45) is 0 Å². The van der Waals surface area contributed by atoms with Gasteiger partial charge in [0.15, 0.2) is 0 Å². The molecule has 2 aromatic rings. The summed E-state index contributed by atoms with van der Waals surface area (Å²) in [6.07, 6.45) is 1.93. The smallest absolute Gasteiger partial charge is 0.322 e. The number of hydrogen-bond donors (Lipinski definition) is 2. The molecule has 5 nitrogen and oxygen atoms in total. The van der Waals surface area contributed by atoms with Crippen LogP contribution in [-0.2, 0) is 11.3 Å². The van der Waals surface area contributed by atoms with Gasteiger partial charge in [0, 0.05) is 23.5 Å². The predicted octanol–water partition coefficient (Wildman–Crippen LogP) is 4.04. The minimum absolute atomic E-state index is 0.0584. The molecule has 1 aliphatic rings. The number of nitrogens with one attached hydrogen (secondary N) is 2. The Balaban J connectivity index is 1.73. The predicted molar refractivity (Wildman–Crippen MR) is 92.6 cm³/mol. The first kappa shape index (κ1) is 16.4. The Morgan fingerprint density at radius 1 is 1.29 bits per heavy atom. The van der Waals surface area contributed by atoms with Crippen LogP contribution in [0.1, 0.15) is 24.6 Å². The minimum atomic E-state index is -0.538. The number of benzene rings is 1. The molecule has 1 aromatic carbocycles. The molecule has 3 rings (SSSR count). The topological polar surface area (TPSA) is 61.4 Å². The van der Waals surface area contributed by atoms with Crippen LogP contribution in [0.15, 0.2) is 35.7 Å². The van der Waals surface area contributed by atoms with Crippen LogP contribution >= 0.6 is 11.3 Å². The third-order valence-electron chi connectivity index (χ3n) is 3.68. The first-order valence-corrected chi connectivity index (χ1v) is 8.58. The van der Waals surface area contributed by atoms with Crippen molar-refractivity contribution in [2.45, 2.75) is 32.4 Å². The lowest BCUT2D eigenvalue weighted by molar-refractivity contribution is -0.114. The van der Waals surface area contributed by atoms with E-state index in [1.54, 1.807) is 16.2 Å². The number of amides is 3. The lowest BCUT2D eigenvalue weighted by Gasteiger charge is -2.22. The molecule has 0 atom stereocenters. The van der Waals surface area contributed by atoms with Gasteiger partial charge in [0.25, 0.3) is 0 Å². The molecule has 1 aromatic heterocycles. The molecule has 1 heterocycles. The van der Waals surface area contributed by atoms with E-state index in [2.05, 4.69) is 10.6 Å². The quantitative estimate of drug-likeness (QED) is 0.857. The van der Waals surface area contributed by atoms with Crippen molar-refractivity contribution in [3.8, 4) is 0 Å². The Hall–Kier alpha value is -2.41. The molecular weight excluding hydrogens is 329 g/mol. The van der Waals surface area contributed by atoms with Crippen LogP contribution in [0.4, 0.5) is 20.6 Å². The van der Waals surface area contributed by atoms with Gasteiger partial charge in [-0.2, -0.15) is 0 Å². The van der Waals surface area contributed by atoms with Crippen molar-refractivity contribution in [2.75, 3.05) is 10.6 Å². The van der Waals surface area contributed by atoms with Crippen molar-refractivity contribution < 1.29 is 14.0 Å². The van der Waals surface area contributed by atoms with Crippen LogP contribution in [0, 0.1) is 5.82 Å². The first-order valence-electron chi connectivity index (χ1n) is 7.70. The molecule has 24 heavy (non-hydrogen) atoms. The molecule has 3 amide bonds. The Labute approximate surface area is 143 Å². The number of rotatable bonds is 5. The van der Waals surface area contributed by atoms with Gasteiger partial charge >= 0.3 is 6.03 Å². The van der Waals surface area contributed by atoms with E-state index < -0.39 is 5.82 Å². The van der Waals surface area contributed by atoms with E-state index in [4.69, 9.17) is 0 Å². The Kier molecular flexibility index (Phi) is 4.80. The summed E-state index contributed by atoms with van der Waals surface area (Å²) in [5.41, 5.74) is 0.499. The summed E-state index contributed by atoms with van der Waals surface area (Å²) in [5.74, 6) is -0.791. The molecule has 0 bridgehead atoms. The number of hydrogen-bond acceptors (Lipinski definition) is 3. The van der Waals surface area contributed by atoms with Gasteiger partial charge in [-0.1, -0.05) is 6.07 Å². The molecule has 0 saturated heterocycles. The van der Waals surface area contributed by atoms with Crippen LogP contribution < -0.4 is 10.6 Å². The fraction of sp³-hybridized carbons (Fsp3) is 0.294. The van der Waals surface area contributed by atoms with E-state index in [0.717, 1.165) is 17.7 Å². The van der Waals surface area contributed by atoms with Crippen LogP contribution in [0.5, 0.6) is 0 Å². The summed E-state index contributed by atoms with van der Waals surface area (Å²) in [4.78, 5) is 26.5. The highest BCUT2D eigenvalue weighted by molar-refractivity contribution is 7.09. The van der Waals surface area contributed by atoms with Gasteiger partial charge in [-0.3, -0.25) is 4.79 Å². The molecule has 0 aliphatic heterocycles. The second-order valence-electron chi connectivity index (χ2n) is 5.74. The molecule has 2 N–H and O–H groups in total. The van der Waals surface area contributed by atoms with Gasteiger partial charge in [0.05, 0.1) is 12.2 Å². The monoisotopic (exact) mass is 347 g/mol. The summed E-state index contributed by atoms with van der Waals surface area (Å²) in [7, 11) is 0.